The maximum atomic E-state index is 12.2. The van der Waals surface area contributed by atoms with Crippen LogP contribution in [0.3, 0.4) is 0 Å². The highest BCUT2D eigenvalue weighted by Crippen LogP contribution is 2.26. The Morgan fingerprint density at radius 3 is 2.74 bits per heavy atom. The molecule has 19 heavy (non-hydrogen) atoms. The molecule has 0 saturated heterocycles. The first kappa shape index (κ1) is 11.6. The summed E-state index contributed by atoms with van der Waals surface area (Å²) in [7, 11) is 0. The van der Waals surface area contributed by atoms with Crippen LogP contribution in [0.2, 0.25) is 0 Å². The van der Waals surface area contributed by atoms with E-state index >= 15 is 0 Å². The van der Waals surface area contributed by atoms with Crippen LogP contribution < -0.4 is 10.7 Å². The van der Waals surface area contributed by atoms with Crippen molar-refractivity contribution in [2.24, 2.45) is 0 Å². The first-order valence-corrected chi connectivity index (χ1v) is 6.02. The number of aldehydes is 1. The van der Waals surface area contributed by atoms with Gasteiger partial charge in [0.05, 0.1) is 5.39 Å². The van der Waals surface area contributed by atoms with E-state index in [1.807, 2.05) is 12.1 Å². The first-order chi connectivity index (χ1) is 9.19. The lowest BCUT2D eigenvalue weighted by Crippen LogP contribution is -2.18. The van der Waals surface area contributed by atoms with Crippen molar-refractivity contribution in [3.8, 4) is 0 Å². The summed E-state index contributed by atoms with van der Waals surface area (Å²) < 4.78 is 5.36. The van der Waals surface area contributed by atoms with Crippen LogP contribution in [0.1, 0.15) is 17.5 Å². The number of aryl methyl sites for hydroxylation is 2. The fourth-order valence-corrected chi connectivity index (χ4v) is 2.45. The lowest BCUT2D eigenvalue weighted by atomic mass is 10.1. The van der Waals surface area contributed by atoms with Crippen LogP contribution in [0, 0.1) is 0 Å². The van der Waals surface area contributed by atoms with Crippen molar-refractivity contribution in [1.29, 1.82) is 0 Å². The normalized spacial score (nSPS) is 13.3. The molecule has 1 N–H and O–H groups in total. The van der Waals surface area contributed by atoms with E-state index in [1.165, 1.54) is 11.8 Å². The van der Waals surface area contributed by atoms with Crippen LogP contribution in [-0.4, -0.2) is 12.2 Å². The molecule has 1 aromatic carbocycles. The fourth-order valence-electron chi connectivity index (χ4n) is 2.45. The zero-order chi connectivity index (χ0) is 13.4. The number of rotatable bonds is 2. The van der Waals surface area contributed by atoms with E-state index in [1.54, 1.807) is 0 Å². The third-order valence-corrected chi connectivity index (χ3v) is 3.35. The zero-order valence-corrected chi connectivity index (χ0v) is 10.1. The number of amides is 1. The number of nitrogens with one attached hydrogen (secondary N) is 1. The Kier molecular flexibility index (Phi) is 2.67. The highest BCUT2D eigenvalue weighted by molar-refractivity contribution is 6.29. The second-order valence-electron chi connectivity index (χ2n) is 4.56. The summed E-state index contributed by atoms with van der Waals surface area (Å²) in [5.74, 6) is -0.868. The zero-order valence-electron chi connectivity index (χ0n) is 10.1. The molecule has 5 heteroatoms. The maximum absolute atomic E-state index is 12.2. The molecule has 0 unspecified atom stereocenters. The second kappa shape index (κ2) is 4.35. The molecule has 0 radical (unpaired) electrons. The van der Waals surface area contributed by atoms with Crippen molar-refractivity contribution < 1.29 is 14.0 Å². The van der Waals surface area contributed by atoms with Crippen LogP contribution in [0.15, 0.2) is 27.6 Å². The van der Waals surface area contributed by atoms with Gasteiger partial charge in [-0.05, 0) is 42.5 Å². The molecule has 0 fully saturated rings. The Morgan fingerprint density at radius 1 is 1.26 bits per heavy atom. The Hall–Kier alpha value is -2.43. The van der Waals surface area contributed by atoms with Gasteiger partial charge in [0.1, 0.15) is 17.5 Å². The van der Waals surface area contributed by atoms with Crippen molar-refractivity contribution in [3.63, 3.8) is 0 Å². The van der Waals surface area contributed by atoms with Gasteiger partial charge in [-0.25, -0.2) is 0 Å². The van der Waals surface area contributed by atoms with E-state index < -0.39 is 5.91 Å². The van der Waals surface area contributed by atoms with Gasteiger partial charge in [0.15, 0.2) is 0 Å². The van der Waals surface area contributed by atoms with Gasteiger partial charge < -0.3 is 9.73 Å². The Balaban J connectivity index is 2.16. The molecule has 1 aromatic heterocycles. The highest BCUT2D eigenvalue weighted by atomic mass is 16.3. The number of carbonyl (C=O) groups excluding carboxylic acids is 2. The lowest BCUT2D eigenvalue weighted by Gasteiger charge is -2.04. The molecule has 0 bridgehead atoms. The molecule has 1 amide bonds. The minimum Gasteiger partial charge on any atom is -0.462 e. The summed E-state index contributed by atoms with van der Waals surface area (Å²) in [4.78, 5) is 33.5. The quantitative estimate of drug-likeness (QED) is 0.652. The molecule has 96 valence electrons. The predicted octanol–water partition coefficient (Wildman–Crippen LogP) is 1.42. The van der Waals surface area contributed by atoms with Gasteiger partial charge in [-0.1, -0.05) is 0 Å². The average Bonchev–Trinajstić information content (AvgIpc) is 2.87. The largest absolute Gasteiger partial charge is 0.462 e. The van der Waals surface area contributed by atoms with Gasteiger partial charge in [-0.3, -0.25) is 14.4 Å². The summed E-state index contributed by atoms with van der Waals surface area (Å²) in [5.41, 5.74) is 2.53. The molecular weight excluding hydrogens is 246 g/mol. The highest BCUT2D eigenvalue weighted by Gasteiger charge is 2.16. The molecule has 3 rings (SSSR count). The molecule has 0 spiro atoms. The molecule has 2 aromatic rings. The third kappa shape index (κ3) is 1.93. The van der Waals surface area contributed by atoms with Gasteiger partial charge in [0.2, 0.25) is 11.7 Å². The number of benzene rings is 1. The summed E-state index contributed by atoms with van der Waals surface area (Å²) in [5, 5.41) is 2.64. The first-order valence-electron chi connectivity index (χ1n) is 6.02. The minimum absolute atomic E-state index is 0.0115. The Morgan fingerprint density at radius 2 is 2.00 bits per heavy atom. The molecule has 0 aliphatic heterocycles. The SMILES string of the molecule is O=CC(=O)Nc1coc2cc3c(cc2c1=O)CCC3. The maximum Gasteiger partial charge on any atom is 0.288 e. The lowest BCUT2D eigenvalue weighted by molar-refractivity contribution is -0.127. The van der Waals surface area contributed by atoms with E-state index in [-0.39, 0.29) is 17.4 Å². The number of fused-ring (bicyclic) bond motifs is 2. The average molecular weight is 257 g/mol. The van der Waals surface area contributed by atoms with Gasteiger partial charge in [0.25, 0.3) is 5.91 Å². The van der Waals surface area contributed by atoms with Crippen molar-refractivity contribution in [2.45, 2.75) is 19.3 Å². The van der Waals surface area contributed by atoms with Gasteiger partial charge in [-0.2, -0.15) is 0 Å². The molecule has 0 saturated carbocycles. The summed E-state index contributed by atoms with van der Waals surface area (Å²) in [6.07, 6.45) is 4.32. The van der Waals surface area contributed by atoms with Crippen LogP contribution in [0.4, 0.5) is 5.69 Å². The molecule has 5 nitrogen and oxygen atoms in total. The Labute approximate surface area is 108 Å². The summed E-state index contributed by atoms with van der Waals surface area (Å²) >= 11 is 0. The second-order valence-corrected chi connectivity index (χ2v) is 4.56. The third-order valence-electron chi connectivity index (χ3n) is 3.35. The summed E-state index contributed by atoms with van der Waals surface area (Å²) in [6.45, 7) is 0. The van der Waals surface area contributed by atoms with E-state index in [2.05, 4.69) is 5.32 Å². The van der Waals surface area contributed by atoms with Crippen molar-refractivity contribution in [1.82, 2.24) is 0 Å². The molecule has 1 aliphatic carbocycles. The molecule has 1 aliphatic rings. The van der Waals surface area contributed by atoms with Crippen molar-refractivity contribution in [2.75, 3.05) is 5.32 Å². The Bertz CT molecular complexity index is 745. The molecular formula is C14H11NO4. The minimum atomic E-state index is -0.868. The fraction of sp³-hybridized carbons (Fsp3) is 0.214. The van der Waals surface area contributed by atoms with E-state index in [4.69, 9.17) is 4.42 Å². The number of anilines is 1. The van der Waals surface area contributed by atoms with E-state index in [9.17, 15) is 14.4 Å². The smallest absolute Gasteiger partial charge is 0.288 e. The summed E-state index contributed by atoms with van der Waals surface area (Å²) in [6, 6.07) is 3.70. The van der Waals surface area contributed by atoms with Gasteiger partial charge in [0, 0.05) is 0 Å². The molecule has 0 atom stereocenters. The van der Waals surface area contributed by atoms with Crippen LogP contribution in [-0.2, 0) is 22.4 Å². The monoisotopic (exact) mass is 257 g/mol. The van der Waals surface area contributed by atoms with E-state index in [0.29, 0.717) is 11.0 Å². The molecule has 1 heterocycles. The standard InChI is InChI=1S/C14H11NO4/c16-6-13(17)15-11-7-19-12-5-9-3-1-2-8(9)4-10(12)14(11)18/h4-7H,1-3H2,(H,15,17). The van der Waals surface area contributed by atoms with Gasteiger partial charge in [-0.15, -0.1) is 0 Å². The number of carbonyl (C=O) groups is 2. The van der Waals surface area contributed by atoms with Crippen molar-refractivity contribution >= 4 is 28.8 Å². The topological polar surface area (TPSA) is 76.4 Å². The number of hydrogen-bond donors (Lipinski definition) is 1. The predicted molar refractivity (Wildman–Crippen MR) is 69.2 cm³/mol. The van der Waals surface area contributed by atoms with E-state index in [0.717, 1.165) is 24.8 Å². The van der Waals surface area contributed by atoms with Crippen LogP contribution in [0.25, 0.3) is 11.0 Å². The van der Waals surface area contributed by atoms with Crippen LogP contribution >= 0.6 is 0 Å². The number of hydrogen-bond acceptors (Lipinski definition) is 4. The van der Waals surface area contributed by atoms with Crippen LogP contribution in [0.5, 0.6) is 0 Å². The van der Waals surface area contributed by atoms with Gasteiger partial charge >= 0.3 is 0 Å². The van der Waals surface area contributed by atoms with Crippen molar-refractivity contribution in [3.05, 3.63) is 39.7 Å².